The molecule has 0 aliphatic heterocycles. The number of nitrogens with one attached hydrogen (secondary N) is 1. The molecule has 0 radical (unpaired) electrons. The van der Waals surface area contributed by atoms with Gasteiger partial charge in [0.1, 0.15) is 5.56 Å². The second kappa shape index (κ2) is 8.53. The second-order valence-electron chi connectivity index (χ2n) is 7.30. The summed E-state index contributed by atoms with van der Waals surface area (Å²) >= 11 is 11.7. The lowest BCUT2D eigenvalue weighted by Gasteiger charge is -2.17. The Morgan fingerprint density at radius 2 is 1.84 bits per heavy atom. The van der Waals surface area contributed by atoms with Gasteiger partial charge in [-0.25, -0.2) is 0 Å². The number of aliphatic imine (C=N–C) groups is 1. The highest BCUT2D eigenvalue weighted by atomic mass is 35.5. The van der Waals surface area contributed by atoms with Gasteiger partial charge in [0.05, 0.1) is 0 Å². The number of benzene rings is 2. The van der Waals surface area contributed by atoms with Gasteiger partial charge in [-0.1, -0.05) is 48.0 Å². The molecule has 0 aliphatic rings. The topological polar surface area (TPSA) is 75.3 Å². The first-order valence-electron chi connectivity index (χ1n) is 9.69. The van der Waals surface area contributed by atoms with Crippen LogP contribution in [0, 0.1) is 4.77 Å². The third kappa shape index (κ3) is 3.82. The molecule has 8 heteroatoms. The van der Waals surface area contributed by atoms with Crippen LogP contribution in [0.3, 0.4) is 0 Å². The van der Waals surface area contributed by atoms with E-state index in [1.165, 1.54) is 15.3 Å². The maximum Gasteiger partial charge on any atom is 0.266 e. The molecule has 158 valence electrons. The highest BCUT2D eigenvalue weighted by Crippen LogP contribution is 2.34. The zero-order valence-electron chi connectivity index (χ0n) is 17.0. The van der Waals surface area contributed by atoms with Gasteiger partial charge in [0, 0.05) is 54.9 Å². The van der Waals surface area contributed by atoms with Gasteiger partial charge in [-0.15, -0.1) is 0 Å². The van der Waals surface area contributed by atoms with Crippen LogP contribution >= 0.6 is 23.8 Å². The van der Waals surface area contributed by atoms with Gasteiger partial charge in [0.2, 0.25) is 5.88 Å². The highest BCUT2D eigenvalue weighted by Gasteiger charge is 2.20. The summed E-state index contributed by atoms with van der Waals surface area (Å²) in [7, 11) is 3.17. The molecule has 4 rings (SSSR count). The maximum atomic E-state index is 12.6. The molecule has 4 aromatic rings. The second-order valence-corrected chi connectivity index (χ2v) is 8.07. The van der Waals surface area contributed by atoms with Gasteiger partial charge in [-0.05, 0) is 35.5 Å². The fourth-order valence-electron chi connectivity index (χ4n) is 3.73. The molecule has 6 nitrogen and oxygen atoms in total. The molecule has 2 aromatic heterocycles. The van der Waals surface area contributed by atoms with E-state index in [2.05, 4.69) is 16.0 Å². The molecule has 2 heterocycles. The van der Waals surface area contributed by atoms with E-state index in [0.29, 0.717) is 11.6 Å². The number of halogens is 1. The molecular formula is C23H21ClN4O2S. The zero-order valence-corrected chi connectivity index (χ0v) is 18.6. The number of aromatic hydroxyl groups is 1. The summed E-state index contributed by atoms with van der Waals surface area (Å²) in [5, 5.41) is 12.1. The molecule has 31 heavy (non-hydrogen) atoms. The third-order valence-electron chi connectivity index (χ3n) is 5.45. The van der Waals surface area contributed by atoms with Gasteiger partial charge < -0.3 is 10.1 Å². The van der Waals surface area contributed by atoms with Crippen LogP contribution in [0.5, 0.6) is 5.88 Å². The van der Waals surface area contributed by atoms with E-state index in [9.17, 15) is 9.90 Å². The predicted octanol–water partition coefficient (Wildman–Crippen LogP) is 4.54. The van der Waals surface area contributed by atoms with Crippen LogP contribution in [0.1, 0.15) is 22.6 Å². The molecule has 0 saturated carbocycles. The molecule has 0 bridgehead atoms. The monoisotopic (exact) mass is 452 g/mol. The first-order valence-corrected chi connectivity index (χ1v) is 10.5. The first kappa shape index (κ1) is 21.1. The van der Waals surface area contributed by atoms with Gasteiger partial charge in [-0.3, -0.25) is 18.9 Å². The van der Waals surface area contributed by atoms with E-state index in [1.807, 2.05) is 48.7 Å². The summed E-state index contributed by atoms with van der Waals surface area (Å²) in [5.41, 5.74) is 2.72. The average Bonchev–Trinajstić information content (AvgIpc) is 3.21. The summed E-state index contributed by atoms with van der Waals surface area (Å²) < 4.78 is 2.91. The molecule has 2 aromatic carbocycles. The Kier molecular flexibility index (Phi) is 5.80. The Hall–Kier alpha value is -3.16. The molecule has 0 unspecified atom stereocenters. The van der Waals surface area contributed by atoms with Gasteiger partial charge in [-0.2, -0.15) is 0 Å². The van der Waals surface area contributed by atoms with Crippen molar-refractivity contribution in [2.75, 3.05) is 6.54 Å². The van der Waals surface area contributed by atoms with Crippen molar-refractivity contribution in [1.82, 2.24) is 14.1 Å². The Balaban J connectivity index is 1.78. The molecule has 2 N–H and O–H groups in total. The summed E-state index contributed by atoms with van der Waals surface area (Å²) in [4.78, 5) is 20.4. The van der Waals surface area contributed by atoms with E-state index in [0.717, 1.165) is 22.0 Å². The van der Waals surface area contributed by atoms with Crippen molar-refractivity contribution in [3.05, 3.63) is 91.6 Å². The maximum absolute atomic E-state index is 12.6. The van der Waals surface area contributed by atoms with Crippen molar-refractivity contribution >= 4 is 40.9 Å². The van der Waals surface area contributed by atoms with E-state index >= 15 is 0 Å². The van der Waals surface area contributed by atoms with Crippen LogP contribution in [0.4, 0.5) is 0 Å². The van der Waals surface area contributed by atoms with Crippen molar-refractivity contribution in [3.63, 3.8) is 0 Å². The number of fused-ring (bicyclic) bond motifs is 1. The lowest BCUT2D eigenvalue weighted by Crippen LogP contribution is -2.25. The van der Waals surface area contributed by atoms with Crippen LogP contribution in [0.25, 0.3) is 10.9 Å². The van der Waals surface area contributed by atoms with Crippen LogP contribution in [0.2, 0.25) is 5.02 Å². The number of nitrogens with zero attached hydrogens (tertiary/aromatic N) is 3. The number of aromatic nitrogens is 3. The minimum absolute atomic E-state index is 0.0930. The minimum Gasteiger partial charge on any atom is -0.494 e. The Labute approximate surface area is 189 Å². The van der Waals surface area contributed by atoms with Gasteiger partial charge >= 0.3 is 0 Å². The quantitative estimate of drug-likeness (QED) is 0.344. The first-order chi connectivity index (χ1) is 14.9. The van der Waals surface area contributed by atoms with Gasteiger partial charge in [0.15, 0.2) is 4.77 Å². The van der Waals surface area contributed by atoms with Crippen molar-refractivity contribution in [3.8, 4) is 5.88 Å². The Bertz CT molecular complexity index is 1420. The normalized spacial score (nSPS) is 12.6. The SMILES string of the molecule is Cn1c(O)c(C=NC[C@@H](c2ccccc2Cl)c2c[nH]c3ccccc23)c(=O)n(C)c1=S. The Morgan fingerprint density at radius 1 is 1.13 bits per heavy atom. The summed E-state index contributed by atoms with van der Waals surface area (Å²) in [6, 6.07) is 15.7. The fraction of sp³-hybridized carbons (Fsp3) is 0.174. The van der Waals surface area contributed by atoms with Crippen molar-refractivity contribution < 1.29 is 5.11 Å². The minimum atomic E-state index is -0.397. The van der Waals surface area contributed by atoms with Crippen LogP contribution in [-0.2, 0) is 14.1 Å². The molecule has 0 fully saturated rings. The lowest BCUT2D eigenvalue weighted by atomic mass is 9.91. The number of H-pyrrole nitrogens is 1. The number of rotatable bonds is 5. The van der Waals surface area contributed by atoms with Crippen molar-refractivity contribution in [1.29, 1.82) is 0 Å². The summed E-state index contributed by atoms with van der Waals surface area (Å²) in [5.74, 6) is -0.350. The number of para-hydroxylation sites is 1. The third-order valence-corrected chi connectivity index (χ3v) is 6.35. The summed E-state index contributed by atoms with van der Waals surface area (Å²) in [6.07, 6.45) is 3.38. The van der Waals surface area contributed by atoms with E-state index in [1.54, 1.807) is 14.1 Å². The molecule has 0 aliphatic carbocycles. The zero-order chi connectivity index (χ0) is 22.1. The lowest BCUT2D eigenvalue weighted by molar-refractivity contribution is 0.415. The summed E-state index contributed by atoms with van der Waals surface area (Å²) in [6.45, 7) is 0.341. The predicted molar refractivity (Wildman–Crippen MR) is 127 cm³/mol. The highest BCUT2D eigenvalue weighted by molar-refractivity contribution is 7.71. The van der Waals surface area contributed by atoms with E-state index in [4.69, 9.17) is 23.8 Å². The molecule has 0 saturated heterocycles. The molecular weight excluding hydrogens is 432 g/mol. The number of aromatic amines is 1. The fourth-order valence-corrected chi connectivity index (χ4v) is 4.16. The van der Waals surface area contributed by atoms with Crippen LogP contribution < -0.4 is 5.56 Å². The van der Waals surface area contributed by atoms with E-state index in [-0.39, 0.29) is 22.1 Å². The molecule has 1 atom stereocenters. The van der Waals surface area contributed by atoms with E-state index < -0.39 is 5.56 Å². The van der Waals surface area contributed by atoms with Crippen molar-refractivity contribution in [2.24, 2.45) is 19.1 Å². The molecule has 0 spiro atoms. The standard InChI is InChI=1S/C23H21ClN4O2S/c1-27-21(29)18(22(30)28(2)23(27)31)12-25-11-16(14-7-3-5-9-19(14)24)17-13-26-20-10-6-4-8-15(17)20/h3-10,12-13,16,26,29H,11H2,1-2H3/t16-/m0/s1. The average molecular weight is 453 g/mol. The van der Waals surface area contributed by atoms with Gasteiger partial charge in [0.25, 0.3) is 5.56 Å². The molecule has 0 amide bonds. The smallest absolute Gasteiger partial charge is 0.266 e. The van der Waals surface area contributed by atoms with Crippen LogP contribution in [-0.4, -0.2) is 32.0 Å². The number of hydrogen-bond donors (Lipinski definition) is 2. The van der Waals surface area contributed by atoms with Crippen LogP contribution in [0.15, 0.2) is 64.5 Å². The largest absolute Gasteiger partial charge is 0.494 e. The Morgan fingerprint density at radius 3 is 2.61 bits per heavy atom. The van der Waals surface area contributed by atoms with Crippen molar-refractivity contribution in [2.45, 2.75) is 5.92 Å². The number of hydrogen-bond acceptors (Lipinski definition) is 4.